The number of hydrogen-bond acceptors (Lipinski definition) is 1. The minimum Gasteiger partial charge on any atom is -0.192 e. The van der Waals surface area contributed by atoms with Gasteiger partial charge in [0.05, 0.1) is 15.1 Å². The Labute approximate surface area is 91.6 Å². The number of rotatable bonds is 0. The normalized spacial score (nSPS) is 9.27. The van der Waals surface area contributed by atoms with Crippen molar-refractivity contribution in [3.05, 3.63) is 30.8 Å². The first-order valence-electron chi connectivity index (χ1n) is 2.70. The lowest BCUT2D eigenvalue weighted by Crippen LogP contribution is -1.80. The number of hydrogen-bond donors (Lipinski definition) is 0. The predicted molar refractivity (Wildman–Crippen MR) is 56.6 cm³/mol. The average Bonchev–Trinajstić information content (AvgIpc) is 1.96. The molecule has 0 heterocycles. The highest BCUT2D eigenvalue weighted by Gasteiger charge is 2.04. The van der Waals surface area contributed by atoms with Gasteiger partial charge in [-0.1, -0.05) is 11.6 Å². The van der Waals surface area contributed by atoms with E-state index in [4.69, 9.17) is 16.9 Å². The van der Waals surface area contributed by atoms with Gasteiger partial charge in [0.1, 0.15) is 6.07 Å². The molecule has 0 saturated carbocycles. The monoisotopic (exact) mass is 341 g/mol. The van der Waals surface area contributed by atoms with Crippen LogP contribution in [0.25, 0.3) is 0 Å². The molecule has 1 rings (SSSR count). The van der Waals surface area contributed by atoms with Crippen LogP contribution >= 0.6 is 50.1 Å². The largest absolute Gasteiger partial charge is 0.192 e. The van der Waals surface area contributed by atoms with E-state index in [1.165, 1.54) is 0 Å². The Bertz CT molecular complexity index is 332. The SMILES string of the molecule is N#Cc1cc(I)cc(Cl)c1Br. The minimum absolute atomic E-state index is 0.571. The van der Waals surface area contributed by atoms with E-state index >= 15 is 0 Å². The molecule has 0 radical (unpaired) electrons. The molecule has 11 heavy (non-hydrogen) atoms. The fraction of sp³-hybridized carbons (Fsp3) is 0. The lowest BCUT2D eigenvalue weighted by molar-refractivity contribution is 1.45. The fourth-order valence-electron chi connectivity index (χ4n) is 0.637. The third-order valence-electron chi connectivity index (χ3n) is 1.11. The second-order valence-corrected chi connectivity index (χ2v) is 4.31. The van der Waals surface area contributed by atoms with Crippen molar-refractivity contribution in [2.45, 2.75) is 0 Å². The van der Waals surface area contributed by atoms with Crippen molar-refractivity contribution < 1.29 is 0 Å². The summed E-state index contributed by atoms with van der Waals surface area (Å²) in [5.41, 5.74) is 0.571. The first-order chi connectivity index (χ1) is 5.15. The van der Waals surface area contributed by atoms with Gasteiger partial charge in [0, 0.05) is 3.57 Å². The van der Waals surface area contributed by atoms with E-state index in [9.17, 15) is 0 Å². The zero-order chi connectivity index (χ0) is 8.43. The van der Waals surface area contributed by atoms with Crippen molar-refractivity contribution in [2.75, 3.05) is 0 Å². The van der Waals surface area contributed by atoms with E-state index < -0.39 is 0 Å². The summed E-state index contributed by atoms with van der Waals surface area (Å²) in [5.74, 6) is 0. The van der Waals surface area contributed by atoms with E-state index in [1.54, 1.807) is 12.1 Å². The fourth-order valence-corrected chi connectivity index (χ4v) is 1.98. The molecule has 0 fully saturated rings. The molecule has 0 aliphatic carbocycles. The molecule has 0 aliphatic rings. The second-order valence-electron chi connectivity index (χ2n) is 1.86. The summed E-state index contributed by atoms with van der Waals surface area (Å²) < 4.78 is 1.63. The number of nitrogens with zero attached hydrogens (tertiary/aromatic N) is 1. The number of benzene rings is 1. The van der Waals surface area contributed by atoms with Crippen molar-refractivity contribution in [3.8, 4) is 6.07 Å². The second kappa shape index (κ2) is 3.74. The van der Waals surface area contributed by atoms with Crippen LogP contribution in [0.5, 0.6) is 0 Å². The van der Waals surface area contributed by atoms with Gasteiger partial charge in [-0.05, 0) is 50.7 Å². The van der Waals surface area contributed by atoms with Crippen molar-refractivity contribution in [2.24, 2.45) is 0 Å². The van der Waals surface area contributed by atoms with Crippen molar-refractivity contribution in [1.29, 1.82) is 5.26 Å². The van der Waals surface area contributed by atoms with Crippen LogP contribution < -0.4 is 0 Å². The summed E-state index contributed by atoms with van der Waals surface area (Å²) in [4.78, 5) is 0. The maximum absolute atomic E-state index is 8.63. The molecule has 0 amide bonds. The van der Waals surface area contributed by atoms with Gasteiger partial charge in [-0.2, -0.15) is 5.26 Å². The Morgan fingerprint density at radius 1 is 1.55 bits per heavy atom. The highest BCUT2D eigenvalue weighted by atomic mass is 127. The number of halogens is 3. The van der Waals surface area contributed by atoms with Gasteiger partial charge >= 0.3 is 0 Å². The first kappa shape index (κ1) is 9.30. The third kappa shape index (κ3) is 2.08. The highest BCUT2D eigenvalue weighted by Crippen LogP contribution is 2.27. The highest BCUT2D eigenvalue weighted by molar-refractivity contribution is 14.1. The van der Waals surface area contributed by atoms with Gasteiger partial charge in [-0.25, -0.2) is 0 Å². The molecule has 1 aromatic carbocycles. The molecule has 0 aromatic heterocycles. The van der Waals surface area contributed by atoms with Crippen molar-refractivity contribution in [3.63, 3.8) is 0 Å². The van der Waals surface area contributed by atoms with Crippen LogP contribution in [0.3, 0.4) is 0 Å². The molecule has 0 spiro atoms. The Kier molecular flexibility index (Phi) is 3.16. The third-order valence-corrected chi connectivity index (χ3v) is 3.12. The predicted octanol–water partition coefficient (Wildman–Crippen LogP) is 3.58. The molecule has 0 bridgehead atoms. The van der Waals surface area contributed by atoms with E-state index in [0.717, 1.165) is 3.57 Å². The molecule has 4 heteroatoms. The van der Waals surface area contributed by atoms with Gasteiger partial charge in [-0.3, -0.25) is 0 Å². The summed E-state index contributed by atoms with van der Waals surface area (Å²) in [7, 11) is 0. The lowest BCUT2D eigenvalue weighted by Gasteiger charge is -1.98. The summed E-state index contributed by atoms with van der Waals surface area (Å²) in [6, 6.07) is 5.61. The molecule has 0 unspecified atom stereocenters. The molecule has 1 aromatic rings. The standard InChI is InChI=1S/C7H2BrClIN/c8-7-4(3-11)1-5(10)2-6(7)9/h1-2H. The van der Waals surface area contributed by atoms with Crippen LogP contribution in [0.15, 0.2) is 16.6 Å². The van der Waals surface area contributed by atoms with Crippen LogP contribution in [0.2, 0.25) is 5.02 Å². The van der Waals surface area contributed by atoms with Crippen molar-refractivity contribution >= 4 is 50.1 Å². The maximum atomic E-state index is 8.63. The summed E-state index contributed by atoms with van der Waals surface area (Å²) in [5, 5.41) is 9.20. The van der Waals surface area contributed by atoms with Gasteiger partial charge < -0.3 is 0 Å². The molecule has 0 atom stereocenters. The smallest absolute Gasteiger partial charge is 0.100 e. The molecule has 0 aliphatic heterocycles. The van der Waals surface area contributed by atoms with E-state index in [-0.39, 0.29) is 0 Å². The maximum Gasteiger partial charge on any atom is 0.100 e. The Balaban J connectivity index is 3.39. The van der Waals surface area contributed by atoms with Gasteiger partial charge in [0.2, 0.25) is 0 Å². The van der Waals surface area contributed by atoms with E-state index in [2.05, 4.69) is 38.5 Å². The van der Waals surface area contributed by atoms with Crippen LogP contribution in [-0.4, -0.2) is 0 Å². The molecule has 0 saturated heterocycles. The van der Waals surface area contributed by atoms with E-state index in [1.807, 2.05) is 6.07 Å². The van der Waals surface area contributed by atoms with Crippen LogP contribution in [0, 0.1) is 14.9 Å². The minimum atomic E-state index is 0.571. The Hall–Kier alpha value is 0.210. The van der Waals surface area contributed by atoms with Crippen LogP contribution in [0.4, 0.5) is 0 Å². The zero-order valence-corrected chi connectivity index (χ0v) is 9.74. The first-order valence-corrected chi connectivity index (χ1v) is 4.94. The van der Waals surface area contributed by atoms with Gasteiger partial charge in [0.15, 0.2) is 0 Å². The molecular formula is C7H2BrClIN. The van der Waals surface area contributed by atoms with Crippen molar-refractivity contribution in [1.82, 2.24) is 0 Å². The molecule has 0 N–H and O–H groups in total. The quantitative estimate of drug-likeness (QED) is 0.522. The Morgan fingerprint density at radius 3 is 2.73 bits per heavy atom. The summed E-state index contributed by atoms with van der Waals surface area (Å²) >= 11 is 11.1. The summed E-state index contributed by atoms with van der Waals surface area (Å²) in [6.07, 6.45) is 0. The van der Waals surface area contributed by atoms with E-state index in [0.29, 0.717) is 15.1 Å². The molecule has 56 valence electrons. The summed E-state index contributed by atoms with van der Waals surface area (Å²) in [6.45, 7) is 0. The number of nitriles is 1. The zero-order valence-electron chi connectivity index (χ0n) is 5.24. The van der Waals surface area contributed by atoms with Crippen LogP contribution in [0.1, 0.15) is 5.56 Å². The van der Waals surface area contributed by atoms with Crippen LogP contribution in [-0.2, 0) is 0 Å². The topological polar surface area (TPSA) is 23.8 Å². The van der Waals surface area contributed by atoms with Gasteiger partial charge in [0.25, 0.3) is 0 Å². The lowest BCUT2D eigenvalue weighted by atomic mass is 10.2. The molecule has 1 nitrogen and oxygen atoms in total. The Morgan fingerprint density at radius 2 is 2.18 bits per heavy atom. The molecular weight excluding hydrogens is 340 g/mol. The average molecular weight is 342 g/mol. The van der Waals surface area contributed by atoms with Gasteiger partial charge in [-0.15, -0.1) is 0 Å².